The molecule has 182 valence electrons. The summed E-state index contributed by atoms with van der Waals surface area (Å²) in [6.07, 6.45) is 6.60. The SMILES string of the molecule is CN1CCN(CCCN2CC=C(c3cc4c(Nc5ccc6ncsc6c5)ccnc4[nH]3)CC2)CC1. The fourth-order valence-corrected chi connectivity index (χ4v) is 5.86. The fraction of sp³-hybridized carbons (Fsp3) is 0.407. The van der Waals surface area contributed by atoms with Gasteiger partial charge in [-0.25, -0.2) is 9.97 Å². The highest BCUT2D eigenvalue weighted by Gasteiger charge is 2.17. The summed E-state index contributed by atoms with van der Waals surface area (Å²) in [5, 5.41) is 4.72. The first-order valence-electron chi connectivity index (χ1n) is 12.6. The summed E-state index contributed by atoms with van der Waals surface area (Å²) in [7, 11) is 2.22. The van der Waals surface area contributed by atoms with E-state index in [4.69, 9.17) is 0 Å². The van der Waals surface area contributed by atoms with Gasteiger partial charge >= 0.3 is 0 Å². The minimum absolute atomic E-state index is 0.930. The van der Waals surface area contributed by atoms with E-state index in [0.29, 0.717) is 0 Å². The molecule has 3 aromatic heterocycles. The molecule has 0 unspecified atom stereocenters. The van der Waals surface area contributed by atoms with Crippen LogP contribution in [0.1, 0.15) is 18.5 Å². The Labute approximate surface area is 210 Å². The van der Waals surface area contributed by atoms with Gasteiger partial charge < -0.3 is 20.1 Å². The minimum Gasteiger partial charge on any atom is -0.355 e. The number of benzene rings is 1. The molecule has 35 heavy (non-hydrogen) atoms. The van der Waals surface area contributed by atoms with Crippen LogP contribution in [0.3, 0.4) is 0 Å². The predicted octanol–water partition coefficient (Wildman–Crippen LogP) is 4.64. The number of rotatable bonds is 7. The number of nitrogens with zero attached hydrogens (tertiary/aromatic N) is 5. The highest BCUT2D eigenvalue weighted by atomic mass is 32.1. The summed E-state index contributed by atoms with van der Waals surface area (Å²) in [6, 6.07) is 10.6. The van der Waals surface area contributed by atoms with E-state index in [1.807, 2.05) is 17.8 Å². The molecule has 0 bridgehead atoms. The highest BCUT2D eigenvalue weighted by Crippen LogP contribution is 2.31. The molecule has 7 nitrogen and oxygen atoms in total. The minimum atomic E-state index is 0.930. The van der Waals surface area contributed by atoms with Gasteiger partial charge in [0.1, 0.15) is 5.65 Å². The normalized spacial score (nSPS) is 18.4. The van der Waals surface area contributed by atoms with Crippen molar-refractivity contribution in [3.8, 4) is 0 Å². The smallest absolute Gasteiger partial charge is 0.139 e. The third kappa shape index (κ3) is 5.11. The van der Waals surface area contributed by atoms with Gasteiger partial charge in [0.2, 0.25) is 0 Å². The first-order chi connectivity index (χ1) is 17.2. The van der Waals surface area contributed by atoms with E-state index in [1.54, 1.807) is 11.3 Å². The molecule has 2 N–H and O–H groups in total. The molecule has 1 saturated heterocycles. The van der Waals surface area contributed by atoms with Crippen LogP contribution in [0.5, 0.6) is 0 Å². The van der Waals surface area contributed by atoms with Crippen molar-refractivity contribution in [1.82, 2.24) is 29.7 Å². The second-order valence-electron chi connectivity index (χ2n) is 9.74. The van der Waals surface area contributed by atoms with E-state index in [-0.39, 0.29) is 0 Å². The Morgan fingerprint density at radius 1 is 1.00 bits per heavy atom. The molecule has 0 saturated carbocycles. The van der Waals surface area contributed by atoms with Gasteiger partial charge in [-0.05, 0) is 68.9 Å². The van der Waals surface area contributed by atoms with E-state index in [2.05, 4.69) is 72.4 Å². The average molecular weight is 488 g/mol. The number of hydrogen-bond donors (Lipinski definition) is 2. The third-order valence-electron chi connectivity index (χ3n) is 7.33. The standard InChI is InChI=1S/C27H33N7S/c1-32-13-15-34(16-14-32)10-2-9-33-11-6-20(7-12-33)25-18-22-23(5-8-28-27(22)31-25)30-21-3-4-24-26(17-21)35-19-29-24/h3-6,8,17-19H,2,7,9-16H2,1H3,(H2,28,30,31). The van der Waals surface area contributed by atoms with Crippen LogP contribution >= 0.6 is 11.3 Å². The molecular formula is C27H33N7S. The monoisotopic (exact) mass is 487 g/mol. The summed E-state index contributed by atoms with van der Waals surface area (Å²) in [6.45, 7) is 9.39. The van der Waals surface area contributed by atoms with Crippen molar-refractivity contribution in [2.24, 2.45) is 0 Å². The zero-order chi connectivity index (χ0) is 23.6. The highest BCUT2D eigenvalue weighted by molar-refractivity contribution is 7.16. The van der Waals surface area contributed by atoms with Gasteiger partial charge in [0.25, 0.3) is 0 Å². The van der Waals surface area contributed by atoms with Crippen LogP contribution in [0.25, 0.3) is 26.8 Å². The van der Waals surface area contributed by atoms with Crippen molar-refractivity contribution in [2.75, 3.05) is 64.7 Å². The van der Waals surface area contributed by atoms with Gasteiger partial charge in [-0.2, -0.15) is 0 Å². The van der Waals surface area contributed by atoms with Crippen molar-refractivity contribution in [2.45, 2.75) is 12.8 Å². The number of nitrogens with one attached hydrogen (secondary N) is 2. The van der Waals surface area contributed by atoms with Crippen LogP contribution in [0.15, 0.2) is 48.1 Å². The molecule has 0 amide bonds. The summed E-state index contributed by atoms with van der Waals surface area (Å²) >= 11 is 1.67. The van der Waals surface area contributed by atoms with E-state index >= 15 is 0 Å². The number of likely N-dealkylation sites (N-methyl/N-ethyl adjacent to an activating group) is 1. The van der Waals surface area contributed by atoms with Crippen LogP contribution in [0, 0.1) is 0 Å². The van der Waals surface area contributed by atoms with Crippen molar-refractivity contribution >= 4 is 49.5 Å². The van der Waals surface area contributed by atoms with Crippen LogP contribution in [0.4, 0.5) is 11.4 Å². The Hall–Kier alpha value is -2.78. The summed E-state index contributed by atoms with van der Waals surface area (Å²) in [5.41, 5.74) is 8.60. The Morgan fingerprint density at radius 3 is 2.74 bits per heavy atom. The number of H-pyrrole nitrogens is 1. The van der Waals surface area contributed by atoms with Crippen molar-refractivity contribution < 1.29 is 0 Å². The lowest BCUT2D eigenvalue weighted by Crippen LogP contribution is -2.45. The van der Waals surface area contributed by atoms with E-state index in [0.717, 1.165) is 47.4 Å². The number of aromatic nitrogens is 3. The van der Waals surface area contributed by atoms with Crippen molar-refractivity contribution in [3.63, 3.8) is 0 Å². The van der Waals surface area contributed by atoms with Gasteiger partial charge in [-0.15, -0.1) is 11.3 Å². The van der Waals surface area contributed by atoms with E-state index in [1.165, 1.54) is 61.7 Å². The molecule has 5 heterocycles. The lowest BCUT2D eigenvalue weighted by atomic mass is 10.0. The number of hydrogen-bond acceptors (Lipinski definition) is 7. The molecule has 0 spiro atoms. The number of piperazine rings is 1. The van der Waals surface area contributed by atoms with Gasteiger partial charge in [-0.1, -0.05) is 6.08 Å². The fourth-order valence-electron chi connectivity index (χ4n) is 5.15. The number of anilines is 2. The topological polar surface area (TPSA) is 63.3 Å². The summed E-state index contributed by atoms with van der Waals surface area (Å²) in [5.74, 6) is 0. The van der Waals surface area contributed by atoms with Gasteiger partial charge in [0.15, 0.2) is 0 Å². The maximum Gasteiger partial charge on any atom is 0.139 e. The number of thiazole rings is 1. The lowest BCUT2D eigenvalue weighted by Gasteiger charge is -2.33. The predicted molar refractivity (Wildman–Crippen MR) is 147 cm³/mol. The zero-order valence-corrected chi connectivity index (χ0v) is 21.2. The molecular weight excluding hydrogens is 454 g/mol. The Balaban J connectivity index is 1.09. The van der Waals surface area contributed by atoms with Gasteiger partial charge in [0.05, 0.1) is 21.4 Å². The molecule has 0 atom stereocenters. The van der Waals surface area contributed by atoms with Crippen LogP contribution in [0.2, 0.25) is 0 Å². The second kappa shape index (κ2) is 10.1. The first kappa shape index (κ1) is 22.7. The molecule has 1 fully saturated rings. The molecule has 2 aliphatic rings. The molecule has 0 radical (unpaired) electrons. The van der Waals surface area contributed by atoms with Gasteiger partial charge in [-0.3, -0.25) is 4.90 Å². The maximum atomic E-state index is 4.60. The van der Waals surface area contributed by atoms with Crippen LogP contribution in [-0.2, 0) is 0 Å². The lowest BCUT2D eigenvalue weighted by molar-refractivity contribution is 0.147. The van der Waals surface area contributed by atoms with E-state index in [9.17, 15) is 0 Å². The van der Waals surface area contributed by atoms with Crippen LogP contribution < -0.4 is 5.32 Å². The van der Waals surface area contributed by atoms with Crippen molar-refractivity contribution in [3.05, 3.63) is 53.8 Å². The molecule has 4 aromatic rings. The molecule has 1 aromatic carbocycles. The average Bonchev–Trinajstić information content (AvgIpc) is 3.53. The van der Waals surface area contributed by atoms with E-state index < -0.39 is 0 Å². The van der Waals surface area contributed by atoms with Crippen molar-refractivity contribution in [1.29, 1.82) is 0 Å². The number of pyridine rings is 1. The second-order valence-corrected chi connectivity index (χ2v) is 10.6. The summed E-state index contributed by atoms with van der Waals surface area (Å²) in [4.78, 5) is 20.2. The third-order valence-corrected chi connectivity index (χ3v) is 8.12. The molecule has 8 heteroatoms. The quantitative estimate of drug-likeness (QED) is 0.396. The van der Waals surface area contributed by atoms with Crippen LogP contribution in [-0.4, -0.2) is 89.1 Å². The first-order valence-corrected chi connectivity index (χ1v) is 13.5. The maximum absolute atomic E-state index is 4.60. The van der Waals surface area contributed by atoms with Gasteiger partial charge in [0, 0.05) is 62.2 Å². The zero-order valence-electron chi connectivity index (χ0n) is 20.3. The largest absolute Gasteiger partial charge is 0.355 e. The molecule has 6 rings (SSSR count). The molecule has 0 aliphatic carbocycles. The Kier molecular flexibility index (Phi) is 6.52. The summed E-state index contributed by atoms with van der Waals surface area (Å²) < 4.78 is 1.19. The molecule has 2 aliphatic heterocycles. The Bertz CT molecular complexity index is 1330. The number of fused-ring (bicyclic) bond motifs is 2. The Morgan fingerprint density at radius 2 is 1.89 bits per heavy atom. The number of aromatic amines is 1.